The predicted octanol–water partition coefficient (Wildman–Crippen LogP) is 4.30. The van der Waals surface area contributed by atoms with E-state index in [0.29, 0.717) is 23.7 Å². The van der Waals surface area contributed by atoms with E-state index in [1.165, 1.54) is 0 Å². The van der Waals surface area contributed by atoms with Gasteiger partial charge in [-0.05, 0) is 42.8 Å². The van der Waals surface area contributed by atoms with E-state index in [1.54, 1.807) is 23.1 Å². The summed E-state index contributed by atoms with van der Waals surface area (Å²) in [5, 5.41) is 7.30. The molecule has 0 aliphatic rings. The molecule has 0 fully saturated rings. The number of ether oxygens (including phenoxy) is 1. The first-order valence-corrected chi connectivity index (χ1v) is 9.27. The summed E-state index contributed by atoms with van der Waals surface area (Å²) in [6.07, 6.45) is 3.27. The summed E-state index contributed by atoms with van der Waals surface area (Å²) in [6, 6.07) is 22.8. The molecule has 2 heterocycles. The molecule has 0 spiro atoms. The number of benzene rings is 2. The topological polar surface area (TPSA) is 69.0 Å². The van der Waals surface area contributed by atoms with Crippen LogP contribution >= 0.6 is 0 Å². The lowest BCUT2D eigenvalue weighted by Crippen LogP contribution is -2.23. The molecule has 2 aromatic carbocycles. The minimum Gasteiger partial charge on any atom is -0.439 e. The highest BCUT2D eigenvalue weighted by atomic mass is 16.5. The average Bonchev–Trinajstić information content (AvgIpc) is 3.15. The number of carbonyl (C=O) groups is 1. The third kappa shape index (κ3) is 4.32. The van der Waals surface area contributed by atoms with Crippen LogP contribution in [0.25, 0.3) is 5.69 Å². The molecule has 0 saturated carbocycles. The largest absolute Gasteiger partial charge is 0.439 e. The monoisotopic (exact) mass is 384 g/mol. The van der Waals surface area contributed by atoms with Gasteiger partial charge in [-0.15, -0.1) is 0 Å². The van der Waals surface area contributed by atoms with Crippen molar-refractivity contribution in [1.29, 1.82) is 0 Å². The Kier molecular flexibility index (Phi) is 5.33. The number of pyridine rings is 1. The molecule has 144 valence electrons. The Morgan fingerprint density at radius 2 is 1.86 bits per heavy atom. The summed E-state index contributed by atoms with van der Waals surface area (Å²) in [5.41, 5.74) is 3.19. The van der Waals surface area contributed by atoms with Crippen LogP contribution in [0.3, 0.4) is 0 Å². The number of rotatable bonds is 6. The van der Waals surface area contributed by atoms with Crippen molar-refractivity contribution in [3.05, 3.63) is 102 Å². The predicted molar refractivity (Wildman–Crippen MR) is 110 cm³/mol. The molecule has 0 bridgehead atoms. The summed E-state index contributed by atoms with van der Waals surface area (Å²) < 4.78 is 7.50. The van der Waals surface area contributed by atoms with Crippen molar-refractivity contribution in [3.63, 3.8) is 0 Å². The van der Waals surface area contributed by atoms with E-state index in [4.69, 9.17) is 4.74 Å². The lowest BCUT2D eigenvalue weighted by Gasteiger charge is -2.09. The molecule has 6 nitrogen and oxygen atoms in total. The number of amides is 1. The molecule has 6 heteroatoms. The smallest absolute Gasteiger partial charge is 0.255 e. The molecule has 0 aliphatic heterocycles. The number of nitrogens with one attached hydrogen (secondary N) is 1. The summed E-state index contributed by atoms with van der Waals surface area (Å²) in [5.74, 6) is 1.03. The van der Waals surface area contributed by atoms with Gasteiger partial charge in [0, 0.05) is 18.8 Å². The molecule has 0 unspecified atom stereocenters. The normalized spacial score (nSPS) is 10.5. The van der Waals surface area contributed by atoms with Crippen LogP contribution in [0.2, 0.25) is 0 Å². The quantitative estimate of drug-likeness (QED) is 0.538. The van der Waals surface area contributed by atoms with E-state index in [2.05, 4.69) is 15.4 Å². The van der Waals surface area contributed by atoms with Crippen molar-refractivity contribution in [2.45, 2.75) is 13.5 Å². The maximum absolute atomic E-state index is 12.7. The van der Waals surface area contributed by atoms with Crippen LogP contribution in [0, 0.1) is 6.92 Å². The van der Waals surface area contributed by atoms with Crippen molar-refractivity contribution in [1.82, 2.24) is 20.1 Å². The van der Waals surface area contributed by atoms with Crippen molar-refractivity contribution in [2.75, 3.05) is 0 Å². The zero-order valence-corrected chi connectivity index (χ0v) is 15.9. The standard InChI is InChI=1S/C23H20N4O2/c1-17-21(16-26-27(17)19-9-3-2-4-10-19)23(28)25-15-18-8-7-11-20(14-18)29-22-12-5-6-13-24-22/h2-14,16H,15H2,1H3,(H,25,28). The third-order valence-corrected chi connectivity index (χ3v) is 4.47. The van der Waals surface area contributed by atoms with E-state index in [9.17, 15) is 4.79 Å². The lowest BCUT2D eigenvalue weighted by atomic mass is 10.2. The summed E-state index contributed by atoms with van der Waals surface area (Å²) in [6.45, 7) is 2.27. The van der Waals surface area contributed by atoms with Crippen molar-refractivity contribution in [3.8, 4) is 17.3 Å². The molecule has 4 rings (SSSR count). The van der Waals surface area contributed by atoms with E-state index < -0.39 is 0 Å². The van der Waals surface area contributed by atoms with Gasteiger partial charge < -0.3 is 10.1 Å². The molecule has 1 N–H and O–H groups in total. The molecular formula is C23H20N4O2. The molecular weight excluding hydrogens is 364 g/mol. The van der Waals surface area contributed by atoms with Gasteiger partial charge >= 0.3 is 0 Å². The van der Waals surface area contributed by atoms with Gasteiger partial charge in [-0.1, -0.05) is 36.4 Å². The van der Waals surface area contributed by atoms with Crippen LogP contribution in [0.4, 0.5) is 0 Å². The fourth-order valence-electron chi connectivity index (χ4n) is 2.99. The van der Waals surface area contributed by atoms with Crippen LogP contribution in [0.1, 0.15) is 21.6 Å². The van der Waals surface area contributed by atoms with E-state index in [1.807, 2.05) is 73.7 Å². The second kappa shape index (κ2) is 8.39. The molecule has 0 radical (unpaired) electrons. The Morgan fingerprint density at radius 1 is 1.03 bits per heavy atom. The van der Waals surface area contributed by atoms with Gasteiger partial charge in [0.25, 0.3) is 5.91 Å². The highest BCUT2D eigenvalue weighted by Gasteiger charge is 2.15. The lowest BCUT2D eigenvalue weighted by molar-refractivity contribution is 0.0950. The Bertz CT molecular complexity index is 1110. The second-order valence-electron chi connectivity index (χ2n) is 6.49. The first-order chi connectivity index (χ1) is 14.2. The Labute approximate surface area is 168 Å². The number of para-hydroxylation sites is 1. The molecule has 0 atom stereocenters. The Balaban J connectivity index is 1.43. The molecule has 4 aromatic rings. The molecule has 2 aromatic heterocycles. The fraction of sp³-hybridized carbons (Fsp3) is 0.0870. The molecule has 29 heavy (non-hydrogen) atoms. The Hall–Kier alpha value is -3.93. The highest BCUT2D eigenvalue weighted by Crippen LogP contribution is 2.20. The van der Waals surface area contributed by atoms with Crippen LogP contribution in [-0.4, -0.2) is 20.7 Å². The minimum absolute atomic E-state index is 0.166. The van der Waals surface area contributed by atoms with Crippen LogP contribution in [0.5, 0.6) is 11.6 Å². The first kappa shape index (κ1) is 18.4. The zero-order chi connectivity index (χ0) is 20.1. The van der Waals surface area contributed by atoms with E-state index in [0.717, 1.165) is 16.9 Å². The molecule has 1 amide bonds. The number of nitrogens with zero attached hydrogens (tertiary/aromatic N) is 3. The van der Waals surface area contributed by atoms with E-state index in [-0.39, 0.29) is 5.91 Å². The Morgan fingerprint density at radius 3 is 2.66 bits per heavy atom. The van der Waals surface area contributed by atoms with Crippen molar-refractivity contribution in [2.24, 2.45) is 0 Å². The zero-order valence-electron chi connectivity index (χ0n) is 15.9. The van der Waals surface area contributed by atoms with Crippen molar-refractivity contribution < 1.29 is 9.53 Å². The fourth-order valence-corrected chi connectivity index (χ4v) is 2.99. The minimum atomic E-state index is -0.166. The van der Waals surface area contributed by atoms with E-state index >= 15 is 0 Å². The van der Waals surface area contributed by atoms with Crippen molar-refractivity contribution >= 4 is 5.91 Å². The highest BCUT2D eigenvalue weighted by molar-refractivity contribution is 5.95. The van der Waals surface area contributed by atoms with Gasteiger partial charge in [0.1, 0.15) is 5.75 Å². The average molecular weight is 384 g/mol. The van der Waals surface area contributed by atoms with Gasteiger partial charge in [0.15, 0.2) is 0 Å². The summed E-state index contributed by atoms with van der Waals surface area (Å²) >= 11 is 0. The summed E-state index contributed by atoms with van der Waals surface area (Å²) in [4.78, 5) is 16.8. The SMILES string of the molecule is Cc1c(C(=O)NCc2cccc(Oc3ccccn3)c2)cnn1-c1ccccc1. The number of carbonyl (C=O) groups excluding carboxylic acids is 1. The second-order valence-corrected chi connectivity index (χ2v) is 6.49. The van der Waals surface area contributed by atoms with Gasteiger partial charge in [-0.25, -0.2) is 9.67 Å². The van der Waals surface area contributed by atoms with Gasteiger partial charge in [-0.2, -0.15) is 5.10 Å². The number of hydrogen-bond donors (Lipinski definition) is 1. The number of aromatic nitrogens is 3. The van der Waals surface area contributed by atoms with Crippen LogP contribution in [0.15, 0.2) is 85.2 Å². The van der Waals surface area contributed by atoms with Gasteiger partial charge in [0.2, 0.25) is 5.88 Å². The van der Waals surface area contributed by atoms with Crippen LogP contribution < -0.4 is 10.1 Å². The molecule has 0 saturated heterocycles. The summed E-state index contributed by atoms with van der Waals surface area (Å²) in [7, 11) is 0. The molecule has 0 aliphatic carbocycles. The van der Waals surface area contributed by atoms with Gasteiger partial charge in [-0.3, -0.25) is 4.79 Å². The van der Waals surface area contributed by atoms with Gasteiger partial charge in [0.05, 0.1) is 23.1 Å². The van der Waals surface area contributed by atoms with Crippen LogP contribution in [-0.2, 0) is 6.54 Å². The number of hydrogen-bond acceptors (Lipinski definition) is 4. The first-order valence-electron chi connectivity index (χ1n) is 9.27. The third-order valence-electron chi connectivity index (χ3n) is 4.47. The maximum Gasteiger partial charge on any atom is 0.255 e. The maximum atomic E-state index is 12.7.